The van der Waals surface area contributed by atoms with E-state index in [1.54, 1.807) is 0 Å². The van der Waals surface area contributed by atoms with Crippen molar-refractivity contribution in [3.63, 3.8) is 0 Å². The Kier molecular flexibility index (Phi) is 3.48. The maximum Gasteiger partial charge on any atom is 0.495 e. The first kappa shape index (κ1) is 16.9. The maximum atomic E-state index is 13.5. The van der Waals surface area contributed by atoms with E-state index in [1.807, 2.05) is 0 Å². The largest absolute Gasteiger partial charge is 0.495 e. The van der Waals surface area contributed by atoms with Crippen LogP contribution in [-0.2, 0) is 18.9 Å². The van der Waals surface area contributed by atoms with Gasteiger partial charge in [-0.15, -0.1) is 8.78 Å². The van der Waals surface area contributed by atoms with Crippen LogP contribution in [-0.4, -0.2) is 33.3 Å². The predicted octanol–water partition coefficient (Wildman–Crippen LogP) is 3.77. The molecule has 2 saturated heterocycles. The van der Waals surface area contributed by atoms with Crippen LogP contribution in [0.15, 0.2) is 0 Å². The van der Waals surface area contributed by atoms with Gasteiger partial charge in [-0.25, -0.2) is 9.47 Å². The lowest BCUT2D eigenvalue weighted by Crippen LogP contribution is -2.71. The molecular formula is C6Cl4F6O4. The highest BCUT2D eigenvalue weighted by atomic mass is 35.5. The van der Waals surface area contributed by atoms with Gasteiger partial charge in [0.2, 0.25) is 0 Å². The molecule has 0 bridgehead atoms. The summed E-state index contributed by atoms with van der Waals surface area (Å²) in [5.41, 5.74) is 0. The molecule has 1 spiro atoms. The summed E-state index contributed by atoms with van der Waals surface area (Å²) in [7, 11) is 0. The van der Waals surface area contributed by atoms with Crippen LogP contribution < -0.4 is 0 Å². The smallest absolute Gasteiger partial charge is 0.294 e. The Hall–Kier alpha value is 0.580. The second-order valence-corrected chi connectivity index (χ2v) is 6.07. The molecule has 2 rings (SSSR count). The molecule has 0 aromatic carbocycles. The molecule has 0 aromatic rings. The molecule has 118 valence electrons. The molecule has 4 nitrogen and oxygen atoms in total. The highest BCUT2D eigenvalue weighted by molar-refractivity contribution is 6.61. The number of hydrogen-bond donors (Lipinski definition) is 0. The molecule has 20 heavy (non-hydrogen) atoms. The van der Waals surface area contributed by atoms with Gasteiger partial charge in [0.1, 0.15) is 0 Å². The Morgan fingerprint density at radius 2 is 0.850 bits per heavy atom. The zero-order chi connectivity index (χ0) is 15.8. The zero-order valence-corrected chi connectivity index (χ0v) is 11.4. The van der Waals surface area contributed by atoms with Crippen molar-refractivity contribution < 1.29 is 45.3 Å². The monoisotopic (exact) mass is 390 g/mol. The van der Waals surface area contributed by atoms with Gasteiger partial charge in [-0.1, -0.05) is 46.4 Å². The zero-order valence-electron chi connectivity index (χ0n) is 8.41. The van der Waals surface area contributed by atoms with Crippen LogP contribution in [0.1, 0.15) is 0 Å². The number of halogens is 10. The van der Waals surface area contributed by atoms with Crippen LogP contribution >= 0.6 is 46.4 Å². The summed E-state index contributed by atoms with van der Waals surface area (Å²) in [4.78, 5) is 0. The molecule has 0 saturated carbocycles. The number of hydrogen-bond acceptors (Lipinski definition) is 4. The quantitative estimate of drug-likeness (QED) is 0.465. The van der Waals surface area contributed by atoms with Crippen LogP contribution in [0.25, 0.3) is 0 Å². The van der Waals surface area contributed by atoms with E-state index in [-0.39, 0.29) is 0 Å². The Labute approximate surface area is 125 Å². The Morgan fingerprint density at radius 3 is 1.15 bits per heavy atom. The fourth-order valence-corrected chi connectivity index (χ4v) is 1.95. The maximum absolute atomic E-state index is 13.5. The van der Waals surface area contributed by atoms with E-state index in [9.17, 15) is 26.3 Å². The van der Waals surface area contributed by atoms with Gasteiger partial charge in [0.15, 0.2) is 0 Å². The van der Waals surface area contributed by atoms with E-state index in [0.717, 1.165) is 0 Å². The summed E-state index contributed by atoms with van der Waals surface area (Å²) in [5.74, 6) is -4.63. The number of alkyl halides is 10. The standard InChI is InChI=1S/C6Cl4F6O4/c7-2(8)3(9,10)18-1(17-2)4(11,12)19-6(15,16)20-5(1,13)14. The van der Waals surface area contributed by atoms with Crippen LogP contribution in [0.5, 0.6) is 0 Å². The lowest BCUT2D eigenvalue weighted by molar-refractivity contribution is -0.633. The highest BCUT2D eigenvalue weighted by Gasteiger charge is 2.89. The number of rotatable bonds is 0. The van der Waals surface area contributed by atoms with Gasteiger partial charge in [-0.3, -0.25) is 9.47 Å². The highest BCUT2D eigenvalue weighted by Crippen LogP contribution is 2.65. The molecule has 0 radical (unpaired) electrons. The molecule has 2 aliphatic rings. The van der Waals surface area contributed by atoms with Crippen molar-refractivity contribution in [2.24, 2.45) is 0 Å². The second kappa shape index (κ2) is 4.10. The van der Waals surface area contributed by atoms with Crippen LogP contribution in [0.3, 0.4) is 0 Å². The molecule has 0 aromatic heterocycles. The fourth-order valence-electron chi connectivity index (χ4n) is 1.36. The molecule has 0 amide bonds. The first-order valence-corrected chi connectivity index (χ1v) is 5.78. The molecule has 2 heterocycles. The van der Waals surface area contributed by atoms with E-state index < -0.39 is 33.3 Å². The summed E-state index contributed by atoms with van der Waals surface area (Å²) in [5, 5.41) is 0. The first-order valence-electron chi connectivity index (χ1n) is 4.27. The van der Waals surface area contributed by atoms with Gasteiger partial charge >= 0.3 is 24.3 Å². The van der Waals surface area contributed by atoms with Crippen molar-refractivity contribution in [2.75, 3.05) is 0 Å². The fraction of sp³-hybridized carbons (Fsp3) is 1.00. The van der Waals surface area contributed by atoms with Crippen LogP contribution in [0.4, 0.5) is 26.3 Å². The predicted molar refractivity (Wildman–Crippen MR) is 50.8 cm³/mol. The molecule has 14 heteroatoms. The van der Waals surface area contributed by atoms with Crippen molar-refractivity contribution in [3.05, 3.63) is 0 Å². The topological polar surface area (TPSA) is 36.9 Å². The summed E-state index contributed by atoms with van der Waals surface area (Å²) < 4.78 is 86.1. The molecule has 2 aliphatic heterocycles. The van der Waals surface area contributed by atoms with E-state index in [1.165, 1.54) is 0 Å². The minimum absolute atomic E-state index is 2.77. The molecular weight excluding hydrogens is 392 g/mol. The first-order chi connectivity index (χ1) is 8.58. The third-order valence-corrected chi connectivity index (χ3v) is 3.90. The van der Waals surface area contributed by atoms with E-state index >= 15 is 0 Å². The Morgan fingerprint density at radius 1 is 0.550 bits per heavy atom. The second-order valence-electron chi connectivity index (χ2n) is 3.56. The lowest BCUT2D eigenvalue weighted by Gasteiger charge is -2.44. The third kappa shape index (κ3) is 2.16. The van der Waals surface area contributed by atoms with Gasteiger partial charge in [0.05, 0.1) is 0 Å². The molecule has 0 unspecified atom stereocenters. The summed E-state index contributed by atoms with van der Waals surface area (Å²) in [6.45, 7) is 0. The minimum Gasteiger partial charge on any atom is -0.294 e. The summed E-state index contributed by atoms with van der Waals surface area (Å²) in [6.07, 6.45) is -16.3. The molecule has 0 aliphatic carbocycles. The van der Waals surface area contributed by atoms with E-state index in [4.69, 9.17) is 46.4 Å². The SMILES string of the molecule is FC1(F)OC(F)(F)C2(OC(Cl)(Cl)C(Cl)(Cl)O2)C(F)(F)O1. The molecule has 2 fully saturated rings. The molecule has 0 atom stereocenters. The lowest BCUT2D eigenvalue weighted by atomic mass is 10.2. The molecule has 0 N–H and O–H groups in total. The minimum atomic E-state index is -5.47. The van der Waals surface area contributed by atoms with Crippen molar-refractivity contribution >= 4 is 46.4 Å². The van der Waals surface area contributed by atoms with E-state index in [2.05, 4.69) is 18.9 Å². The van der Waals surface area contributed by atoms with Crippen molar-refractivity contribution in [1.29, 1.82) is 0 Å². The summed E-state index contributed by atoms with van der Waals surface area (Å²) in [6, 6.07) is 0. The van der Waals surface area contributed by atoms with Crippen LogP contribution in [0.2, 0.25) is 0 Å². The average molecular weight is 392 g/mol. The normalized spacial score (nSPS) is 35.1. The van der Waals surface area contributed by atoms with Gasteiger partial charge in [-0.2, -0.15) is 17.6 Å². The van der Waals surface area contributed by atoms with Crippen molar-refractivity contribution in [3.8, 4) is 0 Å². The van der Waals surface area contributed by atoms with Gasteiger partial charge in [0, 0.05) is 0 Å². The third-order valence-electron chi connectivity index (χ3n) is 2.14. The van der Waals surface area contributed by atoms with Crippen molar-refractivity contribution in [1.82, 2.24) is 0 Å². The average Bonchev–Trinajstić information content (AvgIpc) is 2.28. The Balaban J connectivity index is 2.55. The van der Waals surface area contributed by atoms with Crippen LogP contribution in [0, 0.1) is 0 Å². The summed E-state index contributed by atoms with van der Waals surface area (Å²) >= 11 is 20.8. The Bertz CT molecular complexity index is 405. The number of ether oxygens (including phenoxy) is 4. The van der Waals surface area contributed by atoms with Gasteiger partial charge in [0.25, 0.3) is 9.04 Å². The van der Waals surface area contributed by atoms with Crippen molar-refractivity contribution in [2.45, 2.75) is 33.3 Å². The van der Waals surface area contributed by atoms with E-state index in [0.29, 0.717) is 0 Å². The van der Waals surface area contributed by atoms with Gasteiger partial charge < -0.3 is 0 Å². The van der Waals surface area contributed by atoms with Gasteiger partial charge in [-0.05, 0) is 0 Å².